The monoisotopic (exact) mass is 1580 g/mol. The van der Waals surface area contributed by atoms with Crippen molar-refractivity contribution in [2.45, 2.75) is 181 Å². The molecule has 648 valence electrons. The lowest BCUT2D eigenvalue weighted by molar-refractivity contribution is 0.297. The number of rotatable bonds is 38. The van der Waals surface area contributed by atoms with Crippen LogP contribution in [0, 0.1) is 110 Å². The zero-order valence-corrected chi connectivity index (χ0v) is 79.6. The van der Waals surface area contributed by atoms with Gasteiger partial charge in [-0.2, -0.15) is 0 Å². The molecular formula is C103H176N12. The quantitative estimate of drug-likeness (QED) is 0.0405. The van der Waals surface area contributed by atoms with Crippen molar-refractivity contribution in [3.05, 3.63) is 144 Å². The third kappa shape index (κ3) is 111. The molecule has 0 bridgehead atoms. The van der Waals surface area contributed by atoms with Gasteiger partial charge in [-0.1, -0.05) is 277 Å². The van der Waals surface area contributed by atoms with Crippen molar-refractivity contribution in [2.24, 2.45) is 0 Å². The first kappa shape index (κ1) is 126. The number of likely N-dealkylation sites (N-methyl/N-ethyl adjacent to an activating group) is 1. The molecule has 0 saturated heterocycles. The van der Waals surface area contributed by atoms with E-state index in [0.29, 0.717) is 25.7 Å². The first-order valence-electron chi connectivity index (χ1n) is 42.1. The van der Waals surface area contributed by atoms with Gasteiger partial charge in [0.1, 0.15) is 0 Å². The molecule has 1 atom stereocenters. The maximum atomic E-state index is 5.28. The second-order valence-electron chi connectivity index (χ2n) is 29.0. The zero-order valence-electron chi connectivity index (χ0n) is 79.6. The average Bonchev–Trinajstić information content (AvgIpc) is 0.846. The van der Waals surface area contributed by atoms with Crippen molar-refractivity contribution in [3.63, 3.8) is 0 Å². The van der Waals surface area contributed by atoms with Crippen LogP contribution in [-0.2, 0) is 13.0 Å². The van der Waals surface area contributed by atoms with E-state index in [0.717, 1.165) is 144 Å². The van der Waals surface area contributed by atoms with E-state index < -0.39 is 0 Å². The molecule has 0 aliphatic rings. The van der Waals surface area contributed by atoms with Crippen LogP contribution in [-0.4, -0.2) is 287 Å². The summed E-state index contributed by atoms with van der Waals surface area (Å²) in [6.07, 6.45) is 46.2. The van der Waals surface area contributed by atoms with Gasteiger partial charge in [0.2, 0.25) is 0 Å². The van der Waals surface area contributed by atoms with Gasteiger partial charge in [-0.25, -0.2) is 0 Å². The largest absolute Gasteiger partial charge is 0.310 e. The fourth-order valence-corrected chi connectivity index (χ4v) is 8.93. The SMILES string of the molecule is C#CCN(C)C.C#CCN(CC#C)CC#C.C#CCN(CC)CC.C#CCN(CCC)CCC.C#CCN(CCCC)CCCC.C=C(C)CN(CC(=C)C)CC(=C)C.CC(c1ccccc1)N(C)C.CCC#CCN(C)C.CCC#CCN(CC)CC.CCN(C)C.CCN(C)Cc1ccccc1.CN(C)CCc1ccccc1. The van der Waals surface area contributed by atoms with Crippen molar-refractivity contribution in [2.75, 3.05) is 228 Å². The Bertz CT molecular complexity index is 2930. The molecular weight excluding hydrogens is 1410 g/mol. The molecule has 115 heavy (non-hydrogen) atoms. The Morgan fingerprint density at radius 1 is 0.322 bits per heavy atom. The lowest BCUT2D eigenvalue weighted by Crippen LogP contribution is -2.28. The predicted octanol–water partition coefficient (Wildman–Crippen LogP) is 18.1. The van der Waals surface area contributed by atoms with Crippen LogP contribution in [0.5, 0.6) is 0 Å². The van der Waals surface area contributed by atoms with Crippen LogP contribution in [0.25, 0.3) is 0 Å². The minimum absolute atomic E-state index is 0.510. The molecule has 0 amide bonds. The van der Waals surface area contributed by atoms with E-state index in [1.54, 1.807) is 0 Å². The average molecular weight is 1580 g/mol. The summed E-state index contributed by atoms with van der Waals surface area (Å²) in [5, 5.41) is 0. The number of hydrogen-bond donors (Lipinski definition) is 0. The van der Waals surface area contributed by atoms with Crippen molar-refractivity contribution in [1.82, 2.24) is 58.8 Å². The molecule has 3 aromatic rings. The third-order valence-electron chi connectivity index (χ3n) is 15.8. The van der Waals surface area contributed by atoms with E-state index in [1.165, 1.54) is 85.0 Å². The Labute approximate surface area is 718 Å². The van der Waals surface area contributed by atoms with Crippen LogP contribution >= 0.6 is 0 Å². The van der Waals surface area contributed by atoms with Crippen LogP contribution in [0.3, 0.4) is 0 Å². The van der Waals surface area contributed by atoms with Gasteiger partial charge in [0.15, 0.2) is 0 Å². The lowest BCUT2D eigenvalue weighted by Gasteiger charge is -2.22. The van der Waals surface area contributed by atoms with Gasteiger partial charge < -0.3 is 19.6 Å². The predicted molar refractivity (Wildman–Crippen MR) is 521 cm³/mol. The van der Waals surface area contributed by atoms with Crippen molar-refractivity contribution in [1.29, 1.82) is 0 Å². The van der Waals surface area contributed by atoms with Gasteiger partial charge >= 0.3 is 0 Å². The normalized spacial score (nSPS) is 9.91. The highest BCUT2D eigenvalue weighted by atomic mass is 15.1. The molecule has 3 aromatic carbocycles. The summed E-state index contributed by atoms with van der Waals surface area (Å²) in [4.78, 5) is 26.1. The molecule has 0 aliphatic carbocycles. The highest BCUT2D eigenvalue weighted by molar-refractivity contribution is 5.18. The van der Waals surface area contributed by atoms with Crippen LogP contribution in [0.2, 0.25) is 0 Å². The van der Waals surface area contributed by atoms with Gasteiger partial charge in [-0.05, 0) is 219 Å². The molecule has 0 aromatic heterocycles. The topological polar surface area (TPSA) is 38.9 Å². The fraction of sp³-hybridized carbons (Fsp3) is 0.592. The van der Waals surface area contributed by atoms with E-state index in [9.17, 15) is 0 Å². The number of terminal acetylenes is 7. The summed E-state index contributed by atoms with van der Waals surface area (Å²) in [5.74, 6) is 30.0. The molecule has 0 heterocycles. The Morgan fingerprint density at radius 2 is 0.643 bits per heavy atom. The van der Waals surface area contributed by atoms with Gasteiger partial charge in [0.25, 0.3) is 0 Å². The van der Waals surface area contributed by atoms with Gasteiger partial charge in [0.05, 0.1) is 58.9 Å². The van der Waals surface area contributed by atoms with E-state index in [-0.39, 0.29) is 0 Å². The standard InChI is InChI=1S/C12H21N.C11H21N.3C10H15N.2C9H17N.C9H9N.2C7H13N.C5H9N.C4H11N/c1-10(2)7-13(8-11(3)4)9-12(5)6;1-4-7-10-12(9-6-3)11-8-5-2;1-9(11(2)3)10-7-5-4-6-8-10;1-11(2)9-8-10-6-4-3-5-7-10;1-3-11(2)9-10-7-5-4-6-8-10;1-4-7-8-9-10(5-2)6-3;2*1-4-7-10(8-5-2)9-6-3;1-4-5-6-7-8(2)3;1-4-7-8(5-2)6-3;1-4-5-6(2)3;1-4-5(2)3/h1,3,5,7-9H2,2,4,6H3;3H,4-5,7-11H2,1-2H3;4-9H,1-3H3;3-7H,8-9H2,1-2H3;4-8H,3,9H2,1-2H3;4-6,9H2,1-3H3;1H,5-9H2,2-3H3;1-3H,7-9H2;4,7H2,1-3H3;1H,5-7H2,2-3H3;1H,5H2,2-3H3;4H2,1-3H3. The molecule has 0 aliphatic heterocycles. The number of nitrogens with zero attached hydrogens (tertiary/aromatic N) is 12. The summed E-state index contributed by atoms with van der Waals surface area (Å²) < 4.78 is 0. The smallest absolute Gasteiger partial charge is 0.0616 e. The Kier molecular flexibility index (Phi) is 110. The molecule has 3 rings (SSSR count). The minimum atomic E-state index is 0.510. The molecule has 0 saturated carbocycles. The van der Waals surface area contributed by atoms with E-state index in [2.05, 4.69) is 358 Å². The second kappa shape index (κ2) is 101. The first-order chi connectivity index (χ1) is 54.8. The van der Waals surface area contributed by atoms with Gasteiger partial charge in [-0.3, -0.25) is 39.2 Å². The summed E-state index contributed by atoms with van der Waals surface area (Å²) in [7, 11) is 22.6. The molecule has 1 unspecified atom stereocenters. The van der Waals surface area contributed by atoms with Gasteiger partial charge in [-0.15, -0.1) is 56.8 Å². The van der Waals surface area contributed by atoms with Crippen molar-refractivity contribution >= 4 is 0 Å². The summed E-state index contributed by atoms with van der Waals surface area (Å²) in [6, 6.07) is 32.1. The Balaban J connectivity index is -0.000000153. The minimum Gasteiger partial charge on any atom is -0.310 e. The highest BCUT2D eigenvalue weighted by Gasteiger charge is 2.07. The zero-order chi connectivity index (χ0) is 89.7. The molecule has 12 nitrogen and oxygen atoms in total. The van der Waals surface area contributed by atoms with Crippen molar-refractivity contribution < 1.29 is 0 Å². The Hall–Kier alpha value is -7.56. The molecule has 0 spiro atoms. The number of unbranched alkanes of at least 4 members (excludes halogenated alkanes) is 2. The van der Waals surface area contributed by atoms with Crippen LogP contribution in [0.1, 0.15) is 185 Å². The van der Waals surface area contributed by atoms with Crippen LogP contribution in [0.4, 0.5) is 0 Å². The van der Waals surface area contributed by atoms with Crippen LogP contribution < -0.4 is 0 Å². The summed E-state index contributed by atoms with van der Waals surface area (Å²) >= 11 is 0. The second-order valence-corrected chi connectivity index (χ2v) is 29.0. The van der Waals surface area contributed by atoms with Crippen molar-refractivity contribution in [3.8, 4) is 110 Å². The van der Waals surface area contributed by atoms with E-state index in [1.807, 2.05) is 64.8 Å². The van der Waals surface area contributed by atoms with E-state index in [4.69, 9.17) is 45.0 Å². The fourth-order valence-electron chi connectivity index (χ4n) is 8.93. The third-order valence-corrected chi connectivity index (χ3v) is 15.8. The van der Waals surface area contributed by atoms with E-state index >= 15 is 0 Å². The van der Waals surface area contributed by atoms with Gasteiger partial charge in [0, 0.05) is 51.6 Å². The molecule has 0 N–H and O–H groups in total. The van der Waals surface area contributed by atoms with Crippen LogP contribution in [0.15, 0.2) is 127 Å². The highest BCUT2D eigenvalue weighted by Crippen LogP contribution is 2.16. The number of benzene rings is 3. The number of hydrogen-bond acceptors (Lipinski definition) is 12. The molecule has 12 heteroatoms. The maximum absolute atomic E-state index is 5.28. The molecule has 0 fully saturated rings. The Morgan fingerprint density at radius 3 is 0.913 bits per heavy atom. The molecule has 0 radical (unpaired) electrons. The lowest BCUT2D eigenvalue weighted by atomic mass is 10.1. The first-order valence-corrected chi connectivity index (χ1v) is 42.1. The summed E-state index contributed by atoms with van der Waals surface area (Å²) in [5.41, 5.74) is 7.73. The summed E-state index contributed by atoms with van der Waals surface area (Å²) in [6.45, 7) is 68.5. The maximum Gasteiger partial charge on any atom is 0.0616 e.